The van der Waals surface area contributed by atoms with Gasteiger partial charge in [0.2, 0.25) is 11.8 Å². The number of amides is 1. The molecule has 0 unspecified atom stereocenters. The van der Waals surface area contributed by atoms with Crippen LogP contribution in [0.2, 0.25) is 0 Å². The van der Waals surface area contributed by atoms with E-state index in [1.807, 2.05) is 56.3 Å². The lowest BCUT2D eigenvalue weighted by Crippen LogP contribution is -2.24. The highest BCUT2D eigenvalue weighted by atomic mass is 79.9. The van der Waals surface area contributed by atoms with Crippen LogP contribution >= 0.6 is 27.3 Å². The van der Waals surface area contributed by atoms with Gasteiger partial charge in [-0.2, -0.15) is 0 Å². The van der Waals surface area contributed by atoms with Crippen molar-refractivity contribution in [1.82, 2.24) is 4.98 Å². The molecule has 1 aliphatic rings. The molecule has 31 heavy (non-hydrogen) atoms. The minimum absolute atomic E-state index is 0.138. The second-order valence-electron chi connectivity index (χ2n) is 6.97. The number of carbonyl (C=O) groups excluding carboxylic acids is 2. The van der Waals surface area contributed by atoms with Crippen LogP contribution < -0.4 is 4.90 Å². The number of benzene rings is 2. The summed E-state index contributed by atoms with van der Waals surface area (Å²) in [6.07, 6.45) is 1.56. The molecule has 0 fully saturated rings. The van der Waals surface area contributed by atoms with Gasteiger partial charge in [0, 0.05) is 16.8 Å². The largest absolute Gasteiger partial charge is 0.402 e. The molecule has 0 atom stereocenters. The van der Waals surface area contributed by atoms with Crippen molar-refractivity contribution in [1.29, 1.82) is 0 Å². The van der Waals surface area contributed by atoms with E-state index in [9.17, 15) is 9.59 Å². The predicted octanol–water partition coefficient (Wildman–Crippen LogP) is 5.55. The number of hydrogen-bond acceptors (Lipinski definition) is 6. The number of cyclic esters (lactones) is 1. The van der Waals surface area contributed by atoms with Crippen LogP contribution in [0.25, 0.3) is 6.08 Å². The third-order valence-electron chi connectivity index (χ3n) is 4.69. The molecule has 2 heterocycles. The Bertz CT molecular complexity index is 1240. The second-order valence-corrected chi connectivity index (χ2v) is 8.66. The zero-order chi connectivity index (χ0) is 22.1. The van der Waals surface area contributed by atoms with Crippen molar-refractivity contribution in [3.8, 4) is 0 Å². The number of aliphatic imine (C=N–C) groups is 1. The molecule has 3 aromatic rings. The Morgan fingerprint density at radius 1 is 1.13 bits per heavy atom. The first-order valence-corrected chi connectivity index (χ1v) is 11.1. The van der Waals surface area contributed by atoms with Crippen molar-refractivity contribution < 1.29 is 14.3 Å². The lowest BCUT2D eigenvalue weighted by molar-refractivity contribution is -0.130. The van der Waals surface area contributed by atoms with Gasteiger partial charge in [-0.15, -0.1) is 11.3 Å². The van der Waals surface area contributed by atoms with Gasteiger partial charge >= 0.3 is 5.97 Å². The summed E-state index contributed by atoms with van der Waals surface area (Å²) in [5.74, 6) is -0.445. The second kappa shape index (κ2) is 8.56. The van der Waals surface area contributed by atoms with E-state index in [4.69, 9.17) is 4.74 Å². The fraction of sp³-hybridized carbons (Fsp3) is 0.130. The van der Waals surface area contributed by atoms with Crippen LogP contribution in [0.5, 0.6) is 0 Å². The molecule has 156 valence electrons. The molecular formula is C23H18BrN3O3S. The number of ether oxygens (including phenoxy) is 1. The van der Waals surface area contributed by atoms with Crippen LogP contribution in [0, 0.1) is 13.8 Å². The highest BCUT2D eigenvalue weighted by Gasteiger charge is 2.26. The normalized spacial score (nSPS) is 14.5. The minimum Gasteiger partial charge on any atom is -0.402 e. The number of para-hydroxylation sites is 1. The summed E-state index contributed by atoms with van der Waals surface area (Å²) in [6, 6.07) is 13.3. The standard InChI is InChI=1S/C23H18BrN3O3S/c1-13-7-6-8-14(2)20(13)27(15(3)28)23-25-16(12-31-23)11-19-22(29)30-21(26-19)17-9-4-5-10-18(17)24/h4-12H,1-3H3. The fourth-order valence-corrected chi connectivity index (χ4v) is 4.58. The first kappa shape index (κ1) is 21.1. The zero-order valence-corrected chi connectivity index (χ0v) is 19.5. The van der Waals surface area contributed by atoms with E-state index >= 15 is 0 Å². The average Bonchev–Trinajstić information content (AvgIpc) is 3.32. The molecular weight excluding hydrogens is 478 g/mol. The molecule has 1 aromatic heterocycles. The zero-order valence-electron chi connectivity index (χ0n) is 17.0. The van der Waals surface area contributed by atoms with Crippen LogP contribution in [0.1, 0.15) is 29.3 Å². The number of thiazole rings is 1. The average molecular weight is 496 g/mol. The van der Waals surface area contributed by atoms with Crippen LogP contribution in [0.3, 0.4) is 0 Å². The first-order chi connectivity index (χ1) is 14.8. The van der Waals surface area contributed by atoms with E-state index in [-0.39, 0.29) is 17.5 Å². The maximum Gasteiger partial charge on any atom is 0.363 e. The van der Waals surface area contributed by atoms with Gasteiger partial charge in [-0.25, -0.2) is 14.8 Å². The van der Waals surface area contributed by atoms with Crippen LogP contribution in [0.15, 0.2) is 63.0 Å². The van der Waals surface area contributed by atoms with Gasteiger partial charge in [0.1, 0.15) is 0 Å². The molecule has 2 aromatic carbocycles. The summed E-state index contributed by atoms with van der Waals surface area (Å²) in [5.41, 5.74) is 4.15. The summed E-state index contributed by atoms with van der Waals surface area (Å²) in [7, 11) is 0. The number of anilines is 2. The third-order valence-corrected chi connectivity index (χ3v) is 6.22. The smallest absolute Gasteiger partial charge is 0.363 e. The van der Waals surface area contributed by atoms with Gasteiger partial charge in [0.25, 0.3) is 0 Å². The van der Waals surface area contributed by atoms with Gasteiger partial charge in [-0.3, -0.25) is 9.69 Å². The van der Waals surface area contributed by atoms with Gasteiger partial charge in [0.05, 0.1) is 16.9 Å². The molecule has 0 bridgehead atoms. The van der Waals surface area contributed by atoms with E-state index in [2.05, 4.69) is 25.9 Å². The van der Waals surface area contributed by atoms with Crippen LogP contribution in [-0.2, 0) is 14.3 Å². The summed E-state index contributed by atoms with van der Waals surface area (Å²) in [4.78, 5) is 35.3. The third kappa shape index (κ3) is 4.22. The number of halogens is 1. The predicted molar refractivity (Wildman–Crippen MR) is 126 cm³/mol. The van der Waals surface area contributed by atoms with Crippen LogP contribution in [-0.4, -0.2) is 22.8 Å². The van der Waals surface area contributed by atoms with E-state index in [0.29, 0.717) is 16.4 Å². The summed E-state index contributed by atoms with van der Waals surface area (Å²) in [6.45, 7) is 5.43. The van der Waals surface area contributed by atoms with Gasteiger partial charge in [-0.05, 0) is 59.1 Å². The quantitative estimate of drug-likeness (QED) is 0.351. The molecule has 0 radical (unpaired) electrons. The molecule has 0 saturated heterocycles. The van der Waals surface area contributed by atoms with E-state index in [0.717, 1.165) is 21.3 Å². The van der Waals surface area contributed by atoms with E-state index < -0.39 is 5.97 Å². The maximum atomic E-state index is 12.5. The summed E-state index contributed by atoms with van der Waals surface area (Å²) in [5, 5.41) is 2.31. The number of hydrogen-bond donors (Lipinski definition) is 0. The van der Waals surface area contributed by atoms with Crippen LogP contribution in [0.4, 0.5) is 10.8 Å². The molecule has 4 rings (SSSR count). The Morgan fingerprint density at radius 2 is 1.84 bits per heavy atom. The minimum atomic E-state index is -0.543. The molecule has 6 nitrogen and oxygen atoms in total. The number of esters is 1. The van der Waals surface area contributed by atoms with Gasteiger partial charge in [-0.1, -0.05) is 30.3 Å². The Labute approximate surface area is 192 Å². The molecule has 0 N–H and O–H groups in total. The van der Waals surface area contributed by atoms with Crippen molar-refractivity contribution in [3.05, 3.63) is 80.4 Å². The Morgan fingerprint density at radius 3 is 2.52 bits per heavy atom. The topological polar surface area (TPSA) is 71.9 Å². The van der Waals surface area contributed by atoms with Gasteiger partial charge < -0.3 is 4.74 Å². The molecule has 1 aliphatic heterocycles. The number of carbonyl (C=O) groups is 2. The Kier molecular flexibility index (Phi) is 5.84. The van der Waals surface area contributed by atoms with Gasteiger partial charge in [0.15, 0.2) is 10.8 Å². The molecule has 0 saturated carbocycles. The molecule has 8 heteroatoms. The Balaban J connectivity index is 1.68. The fourth-order valence-electron chi connectivity index (χ4n) is 3.29. The first-order valence-electron chi connectivity index (χ1n) is 9.45. The van der Waals surface area contributed by atoms with Crippen molar-refractivity contribution >= 4 is 61.9 Å². The SMILES string of the molecule is CC(=O)N(c1nc(C=C2N=C(c3ccccc3Br)OC2=O)cs1)c1c(C)cccc1C. The number of nitrogens with zero attached hydrogens (tertiary/aromatic N) is 3. The van der Waals surface area contributed by atoms with Crippen molar-refractivity contribution in [2.75, 3.05) is 4.90 Å². The number of aryl methyl sites for hydroxylation is 2. The lowest BCUT2D eigenvalue weighted by Gasteiger charge is -2.22. The monoisotopic (exact) mass is 495 g/mol. The maximum absolute atomic E-state index is 12.5. The lowest BCUT2D eigenvalue weighted by atomic mass is 10.1. The van der Waals surface area contributed by atoms with Crippen molar-refractivity contribution in [2.45, 2.75) is 20.8 Å². The summed E-state index contributed by atoms with van der Waals surface area (Å²) < 4.78 is 6.11. The Hall–Kier alpha value is -3.10. The highest BCUT2D eigenvalue weighted by Crippen LogP contribution is 2.34. The molecule has 1 amide bonds. The van der Waals surface area contributed by atoms with Crippen molar-refractivity contribution in [3.63, 3.8) is 0 Å². The van der Waals surface area contributed by atoms with E-state index in [1.54, 1.807) is 16.4 Å². The number of rotatable bonds is 4. The molecule has 0 aliphatic carbocycles. The highest BCUT2D eigenvalue weighted by molar-refractivity contribution is 9.10. The molecule has 0 spiro atoms. The number of aromatic nitrogens is 1. The summed E-state index contributed by atoms with van der Waals surface area (Å²) >= 11 is 4.76. The van der Waals surface area contributed by atoms with E-state index in [1.165, 1.54) is 18.3 Å². The van der Waals surface area contributed by atoms with Crippen molar-refractivity contribution in [2.24, 2.45) is 4.99 Å².